The van der Waals surface area contributed by atoms with E-state index in [0.717, 1.165) is 24.8 Å². The van der Waals surface area contributed by atoms with Gasteiger partial charge in [-0.1, -0.05) is 26.2 Å². The molecule has 0 unspecified atom stereocenters. The van der Waals surface area contributed by atoms with Crippen LogP contribution in [0.4, 0.5) is 24.8 Å². The molecular formula is C21H28F3N3O2. The first-order valence-electron chi connectivity index (χ1n) is 9.71. The summed E-state index contributed by atoms with van der Waals surface area (Å²) in [7, 11) is 0. The molecule has 0 fully saturated rings. The summed E-state index contributed by atoms with van der Waals surface area (Å²) < 4.78 is 50.7. The molecule has 0 bridgehead atoms. The van der Waals surface area contributed by atoms with Gasteiger partial charge in [0.25, 0.3) is 0 Å². The molecular weight excluding hydrogens is 383 g/mol. The molecule has 0 spiro atoms. The monoisotopic (exact) mass is 411 g/mol. The second-order valence-corrected chi connectivity index (χ2v) is 7.68. The van der Waals surface area contributed by atoms with Gasteiger partial charge in [-0.25, -0.2) is 4.98 Å². The Hall–Kier alpha value is -2.51. The highest BCUT2D eigenvalue weighted by molar-refractivity contribution is 5.55. The maximum Gasteiger partial charge on any atom is 0.423 e. The molecule has 0 saturated heterocycles. The topological polar surface area (TPSA) is 56.3 Å². The van der Waals surface area contributed by atoms with Gasteiger partial charge in [0, 0.05) is 11.9 Å². The van der Waals surface area contributed by atoms with Gasteiger partial charge in [0.2, 0.25) is 11.8 Å². The Morgan fingerprint density at radius 1 is 1.00 bits per heavy atom. The van der Waals surface area contributed by atoms with Gasteiger partial charge in [-0.2, -0.15) is 18.2 Å². The number of rotatable bonds is 9. The predicted molar refractivity (Wildman–Crippen MR) is 107 cm³/mol. The summed E-state index contributed by atoms with van der Waals surface area (Å²) in [6, 6.07) is 7.09. The lowest BCUT2D eigenvalue weighted by atomic mass is 10.2. The number of alkyl halides is 3. The van der Waals surface area contributed by atoms with E-state index in [2.05, 4.69) is 22.2 Å². The molecule has 0 atom stereocenters. The van der Waals surface area contributed by atoms with Crippen molar-refractivity contribution >= 4 is 11.6 Å². The van der Waals surface area contributed by atoms with E-state index in [1.807, 2.05) is 0 Å². The quantitative estimate of drug-likeness (QED) is 0.486. The normalized spacial score (nSPS) is 12.0. The van der Waals surface area contributed by atoms with Crippen LogP contribution in [0, 0.1) is 0 Å². The largest absolute Gasteiger partial charge is 0.494 e. The molecule has 0 aliphatic rings. The van der Waals surface area contributed by atoms with Gasteiger partial charge in [0.05, 0.1) is 6.61 Å². The molecule has 160 valence electrons. The Morgan fingerprint density at radius 3 is 2.28 bits per heavy atom. The first kappa shape index (κ1) is 22.8. The Balaban J connectivity index is 2.06. The third-order valence-corrected chi connectivity index (χ3v) is 3.84. The molecule has 2 rings (SSSR count). The fourth-order valence-electron chi connectivity index (χ4n) is 2.47. The summed E-state index contributed by atoms with van der Waals surface area (Å²) in [5.41, 5.74) is -1.21. The number of benzene rings is 1. The Morgan fingerprint density at radius 2 is 1.69 bits per heavy atom. The second kappa shape index (κ2) is 9.80. The van der Waals surface area contributed by atoms with Crippen molar-refractivity contribution in [2.75, 3.05) is 11.9 Å². The van der Waals surface area contributed by atoms with Crippen molar-refractivity contribution < 1.29 is 22.6 Å². The Labute approximate surface area is 169 Å². The van der Waals surface area contributed by atoms with Crippen LogP contribution >= 0.6 is 0 Å². The van der Waals surface area contributed by atoms with Crippen molar-refractivity contribution in [3.05, 3.63) is 36.0 Å². The first-order chi connectivity index (χ1) is 13.6. The Kier molecular flexibility index (Phi) is 7.70. The van der Waals surface area contributed by atoms with Crippen LogP contribution in [0.15, 0.2) is 30.5 Å². The van der Waals surface area contributed by atoms with Crippen molar-refractivity contribution in [1.82, 2.24) is 9.97 Å². The van der Waals surface area contributed by atoms with Crippen LogP contribution in [0.25, 0.3) is 0 Å². The molecule has 1 aromatic heterocycles. The summed E-state index contributed by atoms with van der Waals surface area (Å²) in [5, 5.41) is 2.89. The predicted octanol–water partition coefficient (Wildman–Crippen LogP) is 6.38. The maximum absolute atomic E-state index is 13.2. The van der Waals surface area contributed by atoms with Gasteiger partial charge in [0.1, 0.15) is 16.9 Å². The molecule has 0 saturated carbocycles. The van der Waals surface area contributed by atoms with Crippen molar-refractivity contribution in [2.45, 2.75) is 65.2 Å². The standard InChI is InChI=1S/C21H28F3N3O2/c1-5-6-7-8-13-28-16-11-9-15(10-12-16)26-19-25-14-17(21(22,23)24)18(27-19)29-20(2,3)4/h9-12,14H,5-8,13H2,1-4H3,(H,25,26,27). The molecule has 0 aliphatic heterocycles. The van der Waals surface area contributed by atoms with E-state index in [0.29, 0.717) is 12.3 Å². The molecule has 1 N–H and O–H groups in total. The van der Waals surface area contributed by atoms with Crippen LogP contribution in [0.1, 0.15) is 58.9 Å². The summed E-state index contributed by atoms with van der Waals surface area (Å²) in [5.74, 6) is 0.247. The molecule has 2 aromatic rings. The first-order valence-corrected chi connectivity index (χ1v) is 9.71. The number of halogens is 3. The average molecular weight is 411 g/mol. The number of unbranched alkanes of at least 4 members (excludes halogenated alkanes) is 3. The number of hydrogen-bond acceptors (Lipinski definition) is 5. The fraction of sp³-hybridized carbons (Fsp3) is 0.524. The zero-order chi connectivity index (χ0) is 21.5. The van der Waals surface area contributed by atoms with Crippen LogP contribution in [0.2, 0.25) is 0 Å². The average Bonchev–Trinajstić information content (AvgIpc) is 2.61. The van der Waals surface area contributed by atoms with Crippen LogP contribution in [-0.4, -0.2) is 22.2 Å². The third-order valence-electron chi connectivity index (χ3n) is 3.84. The highest BCUT2D eigenvalue weighted by Gasteiger charge is 2.37. The van der Waals surface area contributed by atoms with E-state index in [9.17, 15) is 13.2 Å². The van der Waals surface area contributed by atoms with E-state index in [1.165, 1.54) is 12.8 Å². The number of nitrogens with zero attached hydrogens (tertiary/aromatic N) is 2. The molecule has 0 aliphatic carbocycles. The lowest BCUT2D eigenvalue weighted by Gasteiger charge is -2.23. The zero-order valence-corrected chi connectivity index (χ0v) is 17.3. The molecule has 29 heavy (non-hydrogen) atoms. The minimum Gasteiger partial charge on any atom is -0.494 e. The van der Waals surface area contributed by atoms with Crippen molar-refractivity contribution in [3.8, 4) is 11.6 Å². The van der Waals surface area contributed by atoms with Gasteiger partial charge in [-0.05, 0) is 51.5 Å². The number of ether oxygens (including phenoxy) is 2. The van der Waals surface area contributed by atoms with Crippen LogP contribution in [0.5, 0.6) is 11.6 Å². The van der Waals surface area contributed by atoms with E-state index in [-0.39, 0.29) is 5.95 Å². The lowest BCUT2D eigenvalue weighted by molar-refractivity contribution is -0.140. The molecule has 1 aromatic carbocycles. The summed E-state index contributed by atoms with van der Waals surface area (Å²) in [4.78, 5) is 7.70. The third kappa shape index (κ3) is 7.79. The molecule has 1 heterocycles. The fourth-order valence-corrected chi connectivity index (χ4v) is 2.47. The number of anilines is 2. The summed E-state index contributed by atoms with van der Waals surface area (Å²) in [6.45, 7) is 7.78. The molecule has 0 radical (unpaired) electrons. The van der Waals surface area contributed by atoms with E-state index < -0.39 is 23.2 Å². The molecule has 0 amide bonds. The number of aromatic nitrogens is 2. The van der Waals surface area contributed by atoms with Crippen LogP contribution in [-0.2, 0) is 6.18 Å². The van der Waals surface area contributed by atoms with Gasteiger partial charge in [-0.3, -0.25) is 0 Å². The van der Waals surface area contributed by atoms with Crippen LogP contribution < -0.4 is 14.8 Å². The van der Waals surface area contributed by atoms with E-state index >= 15 is 0 Å². The minimum absolute atomic E-state index is 0.0190. The zero-order valence-electron chi connectivity index (χ0n) is 17.3. The smallest absolute Gasteiger partial charge is 0.423 e. The second-order valence-electron chi connectivity index (χ2n) is 7.68. The van der Waals surface area contributed by atoms with Crippen molar-refractivity contribution in [1.29, 1.82) is 0 Å². The SMILES string of the molecule is CCCCCCOc1ccc(Nc2ncc(C(F)(F)F)c(OC(C)(C)C)n2)cc1. The summed E-state index contributed by atoms with van der Waals surface area (Å²) in [6.07, 6.45) is 0.638. The van der Waals surface area contributed by atoms with E-state index in [1.54, 1.807) is 45.0 Å². The van der Waals surface area contributed by atoms with Crippen LogP contribution in [0.3, 0.4) is 0 Å². The maximum atomic E-state index is 13.2. The van der Waals surface area contributed by atoms with Crippen molar-refractivity contribution in [2.24, 2.45) is 0 Å². The van der Waals surface area contributed by atoms with Gasteiger partial charge in [0.15, 0.2) is 0 Å². The highest BCUT2D eigenvalue weighted by atomic mass is 19.4. The lowest BCUT2D eigenvalue weighted by Crippen LogP contribution is -2.26. The number of hydrogen-bond donors (Lipinski definition) is 1. The number of nitrogens with one attached hydrogen (secondary N) is 1. The van der Waals surface area contributed by atoms with Gasteiger partial charge < -0.3 is 14.8 Å². The highest BCUT2D eigenvalue weighted by Crippen LogP contribution is 2.36. The minimum atomic E-state index is -4.60. The molecule has 8 heteroatoms. The summed E-state index contributed by atoms with van der Waals surface area (Å²) >= 11 is 0. The van der Waals surface area contributed by atoms with Gasteiger partial charge in [-0.15, -0.1) is 0 Å². The van der Waals surface area contributed by atoms with Crippen molar-refractivity contribution in [3.63, 3.8) is 0 Å². The van der Waals surface area contributed by atoms with Gasteiger partial charge >= 0.3 is 6.18 Å². The van der Waals surface area contributed by atoms with E-state index in [4.69, 9.17) is 9.47 Å². The molecule has 5 nitrogen and oxygen atoms in total. The Bertz CT molecular complexity index is 772.